The van der Waals surface area contributed by atoms with Crippen molar-refractivity contribution in [2.75, 3.05) is 38.1 Å². The van der Waals surface area contributed by atoms with E-state index in [2.05, 4.69) is 27.5 Å². The van der Waals surface area contributed by atoms with Crippen molar-refractivity contribution < 1.29 is 27.8 Å². The summed E-state index contributed by atoms with van der Waals surface area (Å²) in [5, 5.41) is 11.3. The van der Waals surface area contributed by atoms with Crippen molar-refractivity contribution in [3.8, 4) is 22.8 Å². The van der Waals surface area contributed by atoms with Gasteiger partial charge in [-0.1, -0.05) is 29.8 Å². The molecule has 1 aromatic carbocycles. The molecule has 5 rings (SSSR count). The second-order valence-corrected chi connectivity index (χ2v) is 11.1. The highest BCUT2D eigenvalue weighted by molar-refractivity contribution is 6.41. The average Bonchev–Trinajstić information content (AvgIpc) is 3.32. The molecule has 0 radical (unpaired) electrons. The first kappa shape index (κ1) is 30.1. The quantitative estimate of drug-likeness (QED) is 0.246. The maximum atomic E-state index is 14.1. The lowest BCUT2D eigenvalue weighted by atomic mass is 10.0. The first-order valence-electron chi connectivity index (χ1n) is 13.4. The van der Waals surface area contributed by atoms with Crippen molar-refractivity contribution in [2.24, 2.45) is 0 Å². The minimum absolute atomic E-state index is 0.201. The molecular weight excluding hydrogens is 591 g/mol. The van der Waals surface area contributed by atoms with Gasteiger partial charge in [0.2, 0.25) is 11.8 Å². The molecule has 2 fully saturated rings. The van der Waals surface area contributed by atoms with Crippen molar-refractivity contribution >= 4 is 51.5 Å². The molecule has 0 bridgehead atoms. The van der Waals surface area contributed by atoms with Gasteiger partial charge in [-0.15, -0.1) is 0 Å². The molecule has 1 amide bonds. The van der Waals surface area contributed by atoms with Gasteiger partial charge in [-0.3, -0.25) is 4.79 Å². The normalized spacial score (nSPS) is 21.5. The number of methoxy groups -OCH3 is 2. The zero-order valence-electron chi connectivity index (χ0n) is 23.1. The number of fused-ring (bicyclic) bond motifs is 1. The fourth-order valence-electron chi connectivity index (χ4n) is 5.32. The number of pyridine rings is 2. The number of aromatic nitrogens is 2. The SMILES string of the molecule is C=CC(=O)N[C@H]1CCOC[C@H]1Nc1cc2c(NC3CCC(F)(F)C3)nc(-c3c(Cl)c(OC)cc(OC)c3Cl)cc2cn1. The number of carbonyl (C=O) groups is 1. The molecule has 0 spiro atoms. The number of carbonyl (C=O) groups excluding carboxylic acids is 1. The van der Waals surface area contributed by atoms with Crippen LogP contribution in [0.25, 0.3) is 22.0 Å². The van der Waals surface area contributed by atoms with Crippen LogP contribution >= 0.6 is 23.2 Å². The van der Waals surface area contributed by atoms with E-state index in [1.165, 1.54) is 20.3 Å². The summed E-state index contributed by atoms with van der Waals surface area (Å²) in [6, 6.07) is 4.18. The Morgan fingerprint density at radius 2 is 1.86 bits per heavy atom. The van der Waals surface area contributed by atoms with E-state index < -0.39 is 12.0 Å². The van der Waals surface area contributed by atoms with E-state index in [0.717, 1.165) is 0 Å². The zero-order chi connectivity index (χ0) is 30.0. The third kappa shape index (κ3) is 6.33. The van der Waals surface area contributed by atoms with Crippen LogP contribution in [0.1, 0.15) is 25.7 Å². The van der Waals surface area contributed by atoms with Gasteiger partial charge in [0.25, 0.3) is 0 Å². The van der Waals surface area contributed by atoms with Gasteiger partial charge >= 0.3 is 0 Å². The molecule has 3 aromatic rings. The van der Waals surface area contributed by atoms with Crippen LogP contribution in [0.3, 0.4) is 0 Å². The molecule has 3 N–H and O–H groups in total. The van der Waals surface area contributed by atoms with E-state index >= 15 is 0 Å². The molecule has 42 heavy (non-hydrogen) atoms. The molecule has 1 aliphatic heterocycles. The van der Waals surface area contributed by atoms with E-state index in [1.807, 2.05) is 0 Å². The lowest BCUT2D eigenvalue weighted by molar-refractivity contribution is -0.117. The van der Waals surface area contributed by atoms with Gasteiger partial charge in [0.1, 0.15) is 23.1 Å². The number of benzene rings is 1. The van der Waals surface area contributed by atoms with Crippen LogP contribution in [0.4, 0.5) is 20.4 Å². The Balaban J connectivity index is 1.57. The molecule has 3 atom stereocenters. The molecular formula is C29H31Cl2F2N5O4. The first-order valence-corrected chi connectivity index (χ1v) is 14.2. The topological polar surface area (TPSA) is 107 Å². The number of alkyl halides is 2. The fraction of sp³-hybridized carbons (Fsp3) is 0.414. The standard InChI is InChI=1S/C29H31Cl2F2N5O4/c1-4-24(39)37-18-6-8-42-14-20(18)36-23-10-17-15(13-34-23)9-19(38-28(17)35-16-5-7-29(32,33)12-16)25-26(30)21(40-2)11-22(41-3)27(25)31/h4,9-11,13,16,18,20H,1,5-8,12,14H2,2-3H3,(H,34,36)(H,35,38)(H,37,39)/t16?,18-,20+/m0/s1. The summed E-state index contributed by atoms with van der Waals surface area (Å²) in [7, 11) is 2.95. The minimum atomic E-state index is -2.75. The highest BCUT2D eigenvalue weighted by Crippen LogP contribution is 2.46. The Morgan fingerprint density at radius 1 is 1.12 bits per heavy atom. The lowest BCUT2D eigenvalue weighted by Gasteiger charge is -2.32. The number of ether oxygens (including phenoxy) is 3. The molecule has 1 saturated carbocycles. The van der Waals surface area contributed by atoms with Gasteiger partial charge in [0, 0.05) is 54.1 Å². The Morgan fingerprint density at radius 3 is 2.50 bits per heavy atom. The third-order valence-electron chi connectivity index (χ3n) is 7.49. The number of halogens is 4. The summed E-state index contributed by atoms with van der Waals surface area (Å²) >= 11 is 13.4. The van der Waals surface area contributed by atoms with Gasteiger partial charge < -0.3 is 30.2 Å². The number of hydrogen-bond acceptors (Lipinski definition) is 8. The van der Waals surface area contributed by atoms with Crippen LogP contribution in [0.15, 0.2) is 37.1 Å². The van der Waals surface area contributed by atoms with Crippen LogP contribution in [-0.4, -0.2) is 67.4 Å². The van der Waals surface area contributed by atoms with E-state index in [0.29, 0.717) is 64.8 Å². The van der Waals surface area contributed by atoms with Crippen molar-refractivity contribution in [3.63, 3.8) is 0 Å². The smallest absolute Gasteiger partial charge is 0.250 e. The largest absolute Gasteiger partial charge is 0.495 e. The van der Waals surface area contributed by atoms with Gasteiger partial charge in [0.05, 0.1) is 48.6 Å². The Hall–Kier alpha value is -3.41. The van der Waals surface area contributed by atoms with Crippen molar-refractivity contribution in [1.82, 2.24) is 15.3 Å². The highest BCUT2D eigenvalue weighted by Gasteiger charge is 2.39. The maximum absolute atomic E-state index is 14.1. The molecule has 3 heterocycles. The Bertz CT molecular complexity index is 1480. The highest BCUT2D eigenvalue weighted by atomic mass is 35.5. The summed E-state index contributed by atoms with van der Waals surface area (Å²) < 4.78 is 44.7. The summed E-state index contributed by atoms with van der Waals surface area (Å²) in [4.78, 5) is 21.4. The van der Waals surface area contributed by atoms with Crippen LogP contribution in [0.5, 0.6) is 11.5 Å². The summed E-state index contributed by atoms with van der Waals surface area (Å²) in [5.74, 6) is -1.47. The monoisotopic (exact) mass is 621 g/mol. The number of rotatable bonds is 9. The Labute approximate surface area is 251 Å². The Kier molecular flexibility index (Phi) is 8.91. The molecule has 2 aromatic heterocycles. The second-order valence-electron chi connectivity index (χ2n) is 10.3. The van der Waals surface area contributed by atoms with E-state index in [4.69, 9.17) is 42.4 Å². The number of hydrogen-bond donors (Lipinski definition) is 3. The van der Waals surface area contributed by atoms with Gasteiger partial charge in [-0.25, -0.2) is 18.7 Å². The molecule has 1 saturated heterocycles. The molecule has 2 aliphatic rings. The van der Waals surface area contributed by atoms with Crippen LogP contribution < -0.4 is 25.4 Å². The number of nitrogens with zero attached hydrogens (tertiary/aromatic N) is 2. The number of amides is 1. The second kappa shape index (κ2) is 12.4. The first-order chi connectivity index (χ1) is 20.1. The van der Waals surface area contributed by atoms with Gasteiger partial charge in [-0.05, 0) is 31.1 Å². The molecule has 13 heteroatoms. The van der Waals surface area contributed by atoms with Crippen LogP contribution in [0.2, 0.25) is 10.0 Å². The predicted molar refractivity (Wildman–Crippen MR) is 159 cm³/mol. The fourth-order valence-corrected chi connectivity index (χ4v) is 6.02. The molecule has 1 unspecified atom stereocenters. The maximum Gasteiger partial charge on any atom is 0.250 e. The molecule has 1 aliphatic carbocycles. The summed E-state index contributed by atoms with van der Waals surface area (Å²) in [5.41, 5.74) is 0.760. The van der Waals surface area contributed by atoms with Crippen molar-refractivity contribution in [2.45, 2.75) is 49.7 Å². The average molecular weight is 623 g/mol. The van der Waals surface area contributed by atoms with Crippen molar-refractivity contribution in [3.05, 3.63) is 47.1 Å². The zero-order valence-corrected chi connectivity index (χ0v) is 24.6. The summed E-state index contributed by atoms with van der Waals surface area (Å²) in [6.45, 7) is 4.39. The summed E-state index contributed by atoms with van der Waals surface area (Å²) in [6.07, 6.45) is 3.26. The number of nitrogens with one attached hydrogen (secondary N) is 3. The van der Waals surface area contributed by atoms with Crippen molar-refractivity contribution in [1.29, 1.82) is 0 Å². The number of anilines is 2. The van der Waals surface area contributed by atoms with Gasteiger partial charge in [-0.2, -0.15) is 0 Å². The molecule has 9 nitrogen and oxygen atoms in total. The minimum Gasteiger partial charge on any atom is -0.495 e. The molecule has 224 valence electrons. The van der Waals surface area contributed by atoms with Gasteiger partial charge in [0.15, 0.2) is 0 Å². The van der Waals surface area contributed by atoms with Crippen LogP contribution in [-0.2, 0) is 9.53 Å². The lowest BCUT2D eigenvalue weighted by Crippen LogP contribution is -2.52. The van der Waals surface area contributed by atoms with E-state index in [1.54, 1.807) is 24.4 Å². The third-order valence-corrected chi connectivity index (χ3v) is 8.24. The van der Waals surface area contributed by atoms with Crippen LogP contribution in [0, 0.1) is 0 Å². The van der Waals surface area contributed by atoms with E-state index in [-0.39, 0.29) is 47.3 Å². The van der Waals surface area contributed by atoms with E-state index in [9.17, 15) is 13.6 Å². The predicted octanol–water partition coefficient (Wildman–Crippen LogP) is 6.09.